The summed E-state index contributed by atoms with van der Waals surface area (Å²) in [6.07, 6.45) is 3.16. The smallest absolute Gasteiger partial charge is 0.492 e. The highest BCUT2D eigenvalue weighted by atomic mass is 32.2. The first-order valence-electron chi connectivity index (χ1n) is 7.62. The van der Waals surface area contributed by atoms with Gasteiger partial charge in [-0.15, -0.1) is 0 Å². The summed E-state index contributed by atoms with van der Waals surface area (Å²) in [5, 5.41) is 9.31. The number of fused-ring (bicyclic) bond motifs is 1. The van der Waals surface area contributed by atoms with Crippen molar-refractivity contribution in [3.05, 3.63) is 28.8 Å². The zero-order valence-corrected chi connectivity index (χ0v) is 14.2. The molecule has 0 bridgehead atoms. The molecular weight excluding hydrogens is 363 g/mol. The zero-order valence-electron chi connectivity index (χ0n) is 13.4. The van der Waals surface area contributed by atoms with Crippen LogP contribution >= 0.6 is 0 Å². The fourth-order valence-corrected chi connectivity index (χ4v) is 3.43. The Bertz CT molecular complexity index is 761. The number of carboxylic acid groups (broad SMARTS) is 1. The van der Waals surface area contributed by atoms with Crippen molar-refractivity contribution in [3.8, 4) is 5.75 Å². The van der Waals surface area contributed by atoms with E-state index < -0.39 is 27.5 Å². The van der Waals surface area contributed by atoms with E-state index in [0.29, 0.717) is 12.8 Å². The van der Waals surface area contributed by atoms with Crippen LogP contribution in [0.5, 0.6) is 5.75 Å². The third-order valence-corrected chi connectivity index (χ3v) is 5.15. The summed E-state index contributed by atoms with van der Waals surface area (Å²) in [6.45, 7) is 0.854. The van der Waals surface area contributed by atoms with Crippen LogP contribution in [0.2, 0.25) is 0 Å². The Kier molecular flexibility index (Phi) is 5.62. The van der Waals surface area contributed by atoms with Gasteiger partial charge in [0.25, 0.3) is 0 Å². The van der Waals surface area contributed by atoms with E-state index in [1.54, 1.807) is 6.07 Å². The molecule has 1 atom stereocenters. The molecule has 0 heterocycles. The minimum Gasteiger partial charge on any atom is -0.492 e. The average Bonchev–Trinajstić information content (AvgIpc) is 2.50. The van der Waals surface area contributed by atoms with E-state index in [1.165, 1.54) is 17.7 Å². The second-order valence-corrected chi connectivity index (χ2v) is 7.61. The lowest BCUT2D eigenvalue weighted by Crippen LogP contribution is -2.43. The van der Waals surface area contributed by atoms with Crippen LogP contribution in [0.1, 0.15) is 41.3 Å². The zero-order chi connectivity index (χ0) is 18.8. The van der Waals surface area contributed by atoms with Gasteiger partial charge in [-0.05, 0) is 55.9 Å². The standard InChI is InChI=1S/C15H18F3NO5S/c1-9(19-25(22,23)15(16,17)18)8-24-11-6-10-4-2-3-5-12(10)13(7-11)14(20)21/h6-7,9,19H,2-5,8H2,1H3,(H,20,21)/t9-/m0/s1. The Hall–Kier alpha value is -1.81. The summed E-state index contributed by atoms with van der Waals surface area (Å²) in [4.78, 5) is 11.4. The minimum absolute atomic E-state index is 0.107. The number of carboxylic acids is 1. The van der Waals surface area contributed by atoms with E-state index in [1.807, 2.05) is 0 Å². The number of hydrogen-bond donors (Lipinski definition) is 2. The number of alkyl halides is 3. The van der Waals surface area contributed by atoms with E-state index in [4.69, 9.17) is 4.74 Å². The molecule has 6 nitrogen and oxygen atoms in total. The van der Waals surface area contributed by atoms with Crippen molar-refractivity contribution >= 4 is 16.0 Å². The molecule has 1 aromatic carbocycles. The number of halogens is 3. The van der Waals surface area contributed by atoms with Gasteiger partial charge < -0.3 is 9.84 Å². The summed E-state index contributed by atoms with van der Waals surface area (Å²) in [5.74, 6) is -0.912. The molecule has 0 aliphatic heterocycles. The van der Waals surface area contributed by atoms with Crippen molar-refractivity contribution in [1.82, 2.24) is 4.72 Å². The number of carbonyl (C=O) groups is 1. The van der Waals surface area contributed by atoms with Crippen LogP contribution in [0.4, 0.5) is 13.2 Å². The Balaban J connectivity index is 2.11. The number of rotatable bonds is 6. The molecule has 0 saturated carbocycles. The van der Waals surface area contributed by atoms with E-state index in [-0.39, 0.29) is 17.9 Å². The van der Waals surface area contributed by atoms with Gasteiger partial charge in [0.05, 0.1) is 11.6 Å². The van der Waals surface area contributed by atoms with Crippen molar-refractivity contribution in [2.45, 2.75) is 44.2 Å². The van der Waals surface area contributed by atoms with Gasteiger partial charge in [-0.3, -0.25) is 0 Å². The van der Waals surface area contributed by atoms with Crippen molar-refractivity contribution < 1.29 is 36.2 Å². The highest BCUT2D eigenvalue weighted by molar-refractivity contribution is 7.90. The number of aromatic carboxylic acids is 1. The molecule has 1 aliphatic carbocycles. The van der Waals surface area contributed by atoms with E-state index in [0.717, 1.165) is 24.0 Å². The van der Waals surface area contributed by atoms with E-state index in [9.17, 15) is 31.5 Å². The third kappa shape index (κ3) is 4.63. The van der Waals surface area contributed by atoms with Crippen LogP contribution in [-0.4, -0.2) is 37.7 Å². The topological polar surface area (TPSA) is 92.7 Å². The van der Waals surface area contributed by atoms with Gasteiger partial charge in [0.15, 0.2) is 0 Å². The minimum atomic E-state index is -5.46. The van der Waals surface area contributed by atoms with Gasteiger partial charge in [-0.25, -0.2) is 17.9 Å². The van der Waals surface area contributed by atoms with Crippen molar-refractivity contribution in [2.24, 2.45) is 0 Å². The molecule has 25 heavy (non-hydrogen) atoms. The molecule has 0 saturated heterocycles. The maximum Gasteiger partial charge on any atom is 0.511 e. The highest BCUT2D eigenvalue weighted by Crippen LogP contribution is 2.29. The second kappa shape index (κ2) is 7.20. The number of aryl methyl sites for hydroxylation is 1. The van der Waals surface area contributed by atoms with Gasteiger partial charge >= 0.3 is 21.5 Å². The summed E-state index contributed by atoms with van der Waals surface area (Å²) >= 11 is 0. The Morgan fingerprint density at radius 2 is 1.96 bits per heavy atom. The maximum absolute atomic E-state index is 12.3. The molecule has 0 radical (unpaired) electrons. The molecule has 0 unspecified atom stereocenters. The summed E-state index contributed by atoms with van der Waals surface area (Å²) < 4.78 is 65.9. The van der Waals surface area contributed by atoms with Crippen LogP contribution in [-0.2, 0) is 22.9 Å². The number of benzene rings is 1. The lowest BCUT2D eigenvalue weighted by molar-refractivity contribution is -0.0451. The van der Waals surface area contributed by atoms with Crippen LogP contribution in [0.15, 0.2) is 12.1 Å². The van der Waals surface area contributed by atoms with Gasteiger partial charge in [0.2, 0.25) is 0 Å². The van der Waals surface area contributed by atoms with Gasteiger partial charge in [0, 0.05) is 0 Å². The van der Waals surface area contributed by atoms with E-state index in [2.05, 4.69) is 0 Å². The van der Waals surface area contributed by atoms with Gasteiger partial charge in [-0.2, -0.15) is 13.2 Å². The molecule has 10 heteroatoms. The molecule has 0 amide bonds. The summed E-state index contributed by atoms with van der Waals surface area (Å²) in [6, 6.07) is 1.83. The largest absolute Gasteiger partial charge is 0.511 e. The molecule has 0 spiro atoms. The van der Waals surface area contributed by atoms with Crippen molar-refractivity contribution in [2.75, 3.05) is 6.61 Å². The SMILES string of the molecule is C[C@@H](COc1cc2c(c(C(=O)O)c1)CCCC2)NS(=O)(=O)C(F)(F)F. The molecule has 0 fully saturated rings. The maximum atomic E-state index is 12.3. The first kappa shape index (κ1) is 19.5. The van der Waals surface area contributed by atoms with Crippen LogP contribution in [0.25, 0.3) is 0 Å². The molecule has 140 valence electrons. The lowest BCUT2D eigenvalue weighted by atomic mass is 9.88. The molecule has 1 aliphatic rings. The molecule has 2 rings (SSSR count). The van der Waals surface area contributed by atoms with Gasteiger partial charge in [-0.1, -0.05) is 0 Å². The fraction of sp³-hybridized carbons (Fsp3) is 0.533. The first-order valence-corrected chi connectivity index (χ1v) is 9.10. The fourth-order valence-electron chi connectivity index (χ4n) is 2.70. The van der Waals surface area contributed by atoms with Crippen LogP contribution in [0.3, 0.4) is 0 Å². The first-order chi connectivity index (χ1) is 11.5. The van der Waals surface area contributed by atoms with Crippen molar-refractivity contribution in [3.63, 3.8) is 0 Å². The number of hydrogen-bond acceptors (Lipinski definition) is 4. The number of ether oxygens (including phenoxy) is 1. The Labute approximate surface area is 143 Å². The molecular formula is C15H18F3NO5S. The number of sulfonamides is 1. The number of nitrogens with one attached hydrogen (secondary N) is 1. The molecule has 0 aromatic heterocycles. The Morgan fingerprint density at radius 1 is 1.32 bits per heavy atom. The normalized spacial score (nSPS) is 16.2. The summed E-state index contributed by atoms with van der Waals surface area (Å²) in [7, 11) is -5.46. The van der Waals surface area contributed by atoms with Crippen LogP contribution < -0.4 is 9.46 Å². The van der Waals surface area contributed by atoms with Gasteiger partial charge in [0.1, 0.15) is 12.4 Å². The highest BCUT2D eigenvalue weighted by Gasteiger charge is 2.46. The van der Waals surface area contributed by atoms with E-state index >= 15 is 0 Å². The predicted molar refractivity (Wildman–Crippen MR) is 83.1 cm³/mol. The third-order valence-electron chi connectivity index (χ3n) is 3.83. The molecule has 1 aromatic rings. The summed E-state index contributed by atoms with van der Waals surface area (Å²) in [5.41, 5.74) is -3.71. The average molecular weight is 381 g/mol. The molecule has 2 N–H and O–H groups in total. The van der Waals surface area contributed by atoms with Crippen LogP contribution in [0, 0.1) is 0 Å². The van der Waals surface area contributed by atoms with Crippen molar-refractivity contribution in [1.29, 1.82) is 0 Å². The second-order valence-electron chi connectivity index (χ2n) is 5.90. The monoisotopic (exact) mass is 381 g/mol. The Morgan fingerprint density at radius 3 is 2.56 bits per heavy atom. The lowest BCUT2D eigenvalue weighted by Gasteiger charge is -2.21. The quantitative estimate of drug-likeness (QED) is 0.790. The predicted octanol–water partition coefficient (Wildman–Crippen LogP) is 2.47.